The molecule has 130 valence electrons. The third-order valence-electron chi connectivity index (χ3n) is 4.62. The number of benzene rings is 1. The number of hydrogen-bond donors (Lipinski definition) is 1. The molecule has 2 heterocycles. The van der Waals surface area contributed by atoms with Crippen LogP contribution in [0.3, 0.4) is 0 Å². The second-order valence-electron chi connectivity index (χ2n) is 6.46. The number of aryl methyl sites for hydroxylation is 1. The zero-order valence-corrected chi connectivity index (χ0v) is 14.9. The van der Waals surface area contributed by atoms with Gasteiger partial charge in [-0.2, -0.15) is 0 Å². The molecule has 2 unspecified atom stereocenters. The molecule has 1 N–H and O–H groups in total. The van der Waals surface area contributed by atoms with Gasteiger partial charge in [-0.3, -0.25) is 9.59 Å². The van der Waals surface area contributed by atoms with E-state index in [0.717, 1.165) is 5.56 Å². The van der Waals surface area contributed by atoms with E-state index in [1.807, 2.05) is 13.0 Å². The molecule has 0 radical (unpaired) electrons. The highest BCUT2D eigenvalue weighted by Crippen LogP contribution is 2.27. The van der Waals surface area contributed by atoms with Crippen molar-refractivity contribution in [2.75, 3.05) is 23.4 Å². The lowest BCUT2D eigenvalue weighted by atomic mass is 10.1. The number of rotatable bonds is 3. The molecule has 1 aromatic carbocycles. The molecule has 0 spiro atoms. The summed E-state index contributed by atoms with van der Waals surface area (Å²) in [4.78, 5) is 26.1. The Morgan fingerprint density at radius 2 is 2.12 bits per heavy atom. The largest absolute Gasteiger partial charge is 0.338 e. The highest BCUT2D eigenvalue weighted by atomic mass is 35.5. The Morgan fingerprint density at radius 3 is 2.75 bits per heavy atom. The summed E-state index contributed by atoms with van der Waals surface area (Å²) in [7, 11) is -3.06. The number of carbonyl (C=O) groups excluding carboxylic acids is 2. The van der Waals surface area contributed by atoms with Crippen molar-refractivity contribution >= 4 is 38.9 Å². The van der Waals surface area contributed by atoms with Crippen LogP contribution in [0.1, 0.15) is 18.4 Å². The van der Waals surface area contributed by atoms with Crippen molar-refractivity contribution in [1.82, 2.24) is 4.90 Å². The van der Waals surface area contributed by atoms with E-state index in [1.54, 1.807) is 17.0 Å². The second-order valence-corrected chi connectivity index (χ2v) is 9.09. The summed E-state index contributed by atoms with van der Waals surface area (Å²) in [5.41, 5.74) is 1.50. The fraction of sp³-hybridized carbons (Fsp3) is 0.500. The predicted octanol–water partition coefficient (Wildman–Crippen LogP) is 1.62. The van der Waals surface area contributed by atoms with E-state index in [2.05, 4.69) is 5.32 Å². The lowest BCUT2D eigenvalue weighted by molar-refractivity contribution is -0.129. The summed E-state index contributed by atoms with van der Waals surface area (Å²) >= 11 is 6.05. The highest BCUT2D eigenvalue weighted by molar-refractivity contribution is 7.91. The number of anilines is 1. The van der Waals surface area contributed by atoms with Gasteiger partial charge in [0, 0.05) is 29.7 Å². The fourth-order valence-corrected chi connectivity index (χ4v) is 5.11. The van der Waals surface area contributed by atoms with E-state index < -0.39 is 15.8 Å². The Balaban J connectivity index is 1.64. The first kappa shape index (κ1) is 17.2. The minimum atomic E-state index is -3.06. The minimum absolute atomic E-state index is 0.000644. The lowest BCUT2D eigenvalue weighted by Crippen LogP contribution is -2.38. The number of nitrogens with one attached hydrogen (secondary N) is 1. The molecule has 0 bridgehead atoms. The number of hydrogen-bond acceptors (Lipinski definition) is 4. The molecule has 0 aromatic heterocycles. The van der Waals surface area contributed by atoms with E-state index in [1.165, 1.54) is 0 Å². The van der Waals surface area contributed by atoms with Crippen LogP contribution in [-0.2, 0) is 19.4 Å². The van der Waals surface area contributed by atoms with Crippen LogP contribution >= 0.6 is 11.6 Å². The van der Waals surface area contributed by atoms with Crippen LogP contribution in [-0.4, -0.2) is 49.2 Å². The maximum absolute atomic E-state index is 12.4. The quantitative estimate of drug-likeness (QED) is 0.876. The molecule has 2 aliphatic rings. The van der Waals surface area contributed by atoms with Crippen molar-refractivity contribution in [2.45, 2.75) is 25.8 Å². The Kier molecular flexibility index (Phi) is 4.57. The van der Waals surface area contributed by atoms with Crippen LogP contribution in [0.4, 0.5) is 5.69 Å². The first-order chi connectivity index (χ1) is 11.2. The van der Waals surface area contributed by atoms with E-state index in [-0.39, 0.29) is 42.3 Å². The molecule has 2 fully saturated rings. The van der Waals surface area contributed by atoms with Crippen molar-refractivity contribution in [2.24, 2.45) is 5.92 Å². The summed E-state index contributed by atoms with van der Waals surface area (Å²) in [5.74, 6) is -0.757. The number of carbonyl (C=O) groups is 2. The molecule has 2 saturated heterocycles. The van der Waals surface area contributed by atoms with Gasteiger partial charge in [-0.05, 0) is 31.0 Å². The summed E-state index contributed by atoms with van der Waals surface area (Å²) in [6, 6.07) is 4.95. The van der Waals surface area contributed by atoms with Crippen molar-refractivity contribution in [1.29, 1.82) is 0 Å². The van der Waals surface area contributed by atoms with Gasteiger partial charge in [0.1, 0.15) is 0 Å². The Bertz CT molecular complexity index is 793. The lowest BCUT2D eigenvalue weighted by Gasteiger charge is -2.22. The van der Waals surface area contributed by atoms with Crippen LogP contribution in [0.25, 0.3) is 0 Å². The number of nitrogens with zero attached hydrogens (tertiary/aromatic N) is 1. The van der Waals surface area contributed by atoms with Crippen molar-refractivity contribution < 1.29 is 18.0 Å². The van der Waals surface area contributed by atoms with Gasteiger partial charge in [0.25, 0.3) is 0 Å². The average molecular weight is 371 g/mol. The van der Waals surface area contributed by atoms with E-state index >= 15 is 0 Å². The maximum atomic E-state index is 12.4. The molecule has 3 rings (SSSR count). The summed E-state index contributed by atoms with van der Waals surface area (Å²) in [6.45, 7) is 2.14. The number of likely N-dealkylation sites (tertiary alicyclic amines) is 1. The number of sulfone groups is 1. The Morgan fingerprint density at radius 1 is 1.38 bits per heavy atom. The normalized spacial score (nSPS) is 25.9. The van der Waals surface area contributed by atoms with Crippen molar-refractivity contribution in [3.63, 3.8) is 0 Å². The van der Waals surface area contributed by atoms with Crippen molar-refractivity contribution in [3.05, 3.63) is 28.8 Å². The van der Waals surface area contributed by atoms with Gasteiger partial charge in [0.15, 0.2) is 9.84 Å². The Labute approximate surface area is 146 Å². The minimum Gasteiger partial charge on any atom is -0.338 e. The number of amides is 2. The van der Waals surface area contributed by atoms with Gasteiger partial charge in [-0.15, -0.1) is 0 Å². The standard InChI is InChI=1S/C16H19ClN2O4S/c1-10-2-3-12(7-14(10)17)18-16(21)11-6-15(20)19(8-11)13-4-5-24(22,23)9-13/h2-3,7,11,13H,4-6,8-9H2,1H3,(H,18,21). The summed E-state index contributed by atoms with van der Waals surface area (Å²) in [5, 5.41) is 3.34. The second kappa shape index (κ2) is 6.37. The van der Waals surface area contributed by atoms with Gasteiger partial charge in [0.05, 0.1) is 17.4 Å². The SMILES string of the molecule is Cc1ccc(NC(=O)C2CC(=O)N(C3CCS(=O)(=O)C3)C2)cc1Cl. The van der Waals surface area contributed by atoms with E-state index in [0.29, 0.717) is 17.1 Å². The molecule has 2 atom stereocenters. The molecular formula is C16H19ClN2O4S. The van der Waals surface area contributed by atoms with Crippen LogP contribution in [0.2, 0.25) is 5.02 Å². The molecule has 8 heteroatoms. The average Bonchev–Trinajstić information content (AvgIpc) is 3.05. The third kappa shape index (κ3) is 3.57. The molecule has 0 aliphatic carbocycles. The maximum Gasteiger partial charge on any atom is 0.229 e. The molecule has 6 nitrogen and oxygen atoms in total. The molecule has 2 aliphatic heterocycles. The van der Waals surface area contributed by atoms with Gasteiger partial charge >= 0.3 is 0 Å². The highest BCUT2D eigenvalue weighted by Gasteiger charge is 2.41. The van der Waals surface area contributed by atoms with Crippen LogP contribution in [0, 0.1) is 12.8 Å². The first-order valence-electron chi connectivity index (χ1n) is 7.82. The van der Waals surface area contributed by atoms with E-state index in [4.69, 9.17) is 11.6 Å². The number of halogens is 1. The molecular weight excluding hydrogens is 352 g/mol. The zero-order chi connectivity index (χ0) is 17.5. The third-order valence-corrected chi connectivity index (χ3v) is 6.78. The predicted molar refractivity (Wildman–Crippen MR) is 91.7 cm³/mol. The molecule has 0 saturated carbocycles. The van der Waals surface area contributed by atoms with Crippen LogP contribution < -0.4 is 5.32 Å². The fourth-order valence-electron chi connectivity index (χ4n) is 3.20. The molecule has 24 heavy (non-hydrogen) atoms. The van der Waals surface area contributed by atoms with Gasteiger partial charge in [-0.1, -0.05) is 17.7 Å². The zero-order valence-electron chi connectivity index (χ0n) is 13.3. The Hall–Kier alpha value is -1.60. The molecule has 2 amide bonds. The smallest absolute Gasteiger partial charge is 0.229 e. The van der Waals surface area contributed by atoms with Gasteiger partial charge in [-0.25, -0.2) is 8.42 Å². The molecule has 1 aromatic rings. The summed E-state index contributed by atoms with van der Waals surface area (Å²) in [6.07, 6.45) is 0.567. The first-order valence-corrected chi connectivity index (χ1v) is 10.0. The topological polar surface area (TPSA) is 83.6 Å². The van der Waals surface area contributed by atoms with Crippen LogP contribution in [0.15, 0.2) is 18.2 Å². The van der Waals surface area contributed by atoms with Crippen molar-refractivity contribution in [3.8, 4) is 0 Å². The monoisotopic (exact) mass is 370 g/mol. The van der Waals surface area contributed by atoms with Gasteiger partial charge in [0.2, 0.25) is 11.8 Å². The van der Waals surface area contributed by atoms with Crippen LogP contribution in [0.5, 0.6) is 0 Å². The van der Waals surface area contributed by atoms with E-state index in [9.17, 15) is 18.0 Å². The summed E-state index contributed by atoms with van der Waals surface area (Å²) < 4.78 is 23.2. The van der Waals surface area contributed by atoms with Gasteiger partial charge < -0.3 is 10.2 Å².